The predicted molar refractivity (Wildman–Crippen MR) is 119 cm³/mol. The minimum atomic E-state index is -0.522. The average Bonchev–Trinajstić information content (AvgIpc) is 3.18. The third-order valence-corrected chi connectivity index (χ3v) is 4.96. The van der Waals surface area contributed by atoms with Gasteiger partial charge in [0.05, 0.1) is 17.0 Å². The van der Waals surface area contributed by atoms with Gasteiger partial charge in [0.25, 0.3) is 5.69 Å². The first-order valence-corrected chi connectivity index (χ1v) is 9.79. The second-order valence-electron chi connectivity index (χ2n) is 6.65. The number of nitrogens with zero attached hydrogens (tertiary/aromatic N) is 3. The molecule has 8 nitrogen and oxygen atoms in total. The van der Waals surface area contributed by atoms with Crippen LogP contribution in [-0.2, 0) is 6.54 Å². The fraction of sp³-hybridized carbons (Fsp3) is 0.0455. The number of ketones is 1. The Balaban J connectivity index is 1.68. The number of rotatable bonds is 7. The van der Waals surface area contributed by atoms with Crippen molar-refractivity contribution in [3.8, 4) is 5.69 Å². The predicted octanol–water partition coefficient (Wildman–Crippen LogP) is 4.68. The van der Waals surface area contributed by atoms with Gasteiger partial charge in [0, 0.05) is 29.1 Å². The third-order valence-electron chi connectivity index (χ3n) is 4.69. The van der Waals surface area contributed by atoms with E-state index in [1.54, 1.807) is 34.9 Å². The van der Waals surface area contributed by atoms with Crippen molar-refractivity contribution in [2.75, 3.05) is 5.32 Å². The Hall–Kier alpha value is -4.11. The molecule has 9 heteroatoms. The summed E-state index contributed by atoms with van der Waals surface area (Å²) in [5.74, 6) is 0.293. The summed E-state index contributed by atoms with van der Waals surface area (Å²) in [7, 11) is 0. The lowest BCUT2D eigenvalue weighted by molar-refractivity contribution is -0.384. The van der Waals surface area contributed by atoms with Gasteiger partial charge in [-0.1, -0.05) is 48.5 Å². The van der Waals surface area contributed by atoms with Crippen molar-refractivity contribution in [2.45, 2.75) is 6.54 Å². The van der Waals surface area contributed by atoms with Gasteiger partial charge < -0.3 is 5.32 Å². The number of anilines is 1. The minimum absolute atomic E-state index is 0.156. The normalized spacial score (nSPS) is 10.6. The molecule has 0 saturated carbocycles. The first-order chi connectivity index (χ1) is 15.0. The van der Waals surface area contributed by atoms with Crippen LogP contribution in [0.2, 0.25) is 0 Å². The van der Waals surface area contributed by atoms with Crippen LogP contribution >= 0.6 is 12.2 Å². The Morgan fingerprint density at radius 2 is 1.74 bits per heavy atom. The number of aromatic amines is 1. The fourth-order valence-corrected chi connectivity index (χ4v) is 3.46. The number of nitro benzene ring substituents is 1. The number of aromatic nitrogens is 3. The molecule has 31 heavy (non-hydrogen) atoms. The molecular weight excluding hydrogens is 414 g/mol. The molecule has 154 valence electrons. The van der Waals surface area contributed by atoms with E-state index in [9.17, 15) is 14.9 Å². The molecule has 0 saturated heterocycles. The second-order valence-corrected chi connectivity index (χ2v) is 7.04. The summed E-state index contributed by atoms with van der Waals surface area (Å²) in [4.78, 5) is 23.8. The number of hydrogen-bond donors (Lipinski definition) is 2. The van der Waals surface area contributed by atoms with Crippen LogP contribution in [0.25, 0.3) is 5.69 Å². The number of non-ortho nitro benzene ring substituents is 1. The molecule has 1 aromatic heterocycles. The van der Waals surface area contributed by atoms with E-state index >= 15 is 0 Å². The highest BCUT2D eigenvalue weighted by Gasteiger charge is 2.19. The Bertz CT molecular complexity index is 1300. The summed E-state index contributed by atoms with van der Waals surface area (Å²) < 4.78 is 2.22. The number of H-pyrrole nitrogens is 1. The molecule has 0 fully saturated rings. The zero-order valence-electron chi connectivity index (χ0n) is 16.2. The van der Waals surface area contributed by atoms with Crippen LogP contribution in [0, 0.1) is 14.9 Å². The van der Waals surface area contributed by atoms with Crippen LogP contribution < -0.4 is 5.32 Å². The molecule has 2 N–H and O–H groups in total. The molecule has 0 aliphatic rings. The lowest BCUT2D eigenvalue weighted by Crippen LogP contribution is -2.11. The number of benzene rings is 3. The zero-order valence-corrected chi connectivity index (χ0v) is 17.0. The van der Waals surface area contributed by atoms with E-state index in [1.807, 2.05) is 30.3 Å². The maximum absolute atomic E-state index is 13.0. The van der Waals surface area contributed by atoms with Gasteiger partial charge in [-0.3, -0.25) is 24.6 Å². The molecule has 0 aliphatic heterocycles. The number of carbonyl (C=O) groups excluding carboxylic acids is 1. The highest BCUT2D eigenvalue weighted by molar-refractivity contribution is 7.71. The van der Waals surface area contributed by atoms with E-state index in [1.165, 1.54) is 18.2 Å². The molecular formula is C22H17N5O3S. The maximum Gasteiger partial charge on any atom is 0.270 e. The van der Waals surface area contributed by atoms with Gasteiger partial charge in [-0.2, -0.15) is 5.10 Å². The topological polar surface area (TPSA) is 106 Å². The van der Waals surface area contributed by atoms with Crippen LogP contribution in [0.4, 0.5) is 11.4 Å². The molecule has 0 radical (unpaired) electrons. The lowest BCUT2D eigenvalue weighted by atomic mass is 10.0. The summed E-state index contributed by atoms with van der Waals surface area (Å²) in [6.45, 7) is 0.245. The number of carbonyl (C=O) groups is 1. The number of para-hydroxylation sites is 1. The number of hydrogen-bond acceptors (Lipinski definition) is 6. The summed E-state index contributed by atoms with van der Waals surface area (Å²) in [6.07, 6.45) is 0. The zero-order chi connectivity index (χ0) is 21.8. The Morgan fingerprint density at radius 1 is 1.06 bits per heavy atom. The summed E-state index contributed by atoms with van der Waals surface area (Å²) >= 11 is 5.35. The van der Waals surface area contributed by atoms with Crippen molar-refractivity contribution in [1.29, 1.82) is 0 Å². The van der Waals surface area contributed by atoms with E-state index in [4.69, 9.17) is 12.2 Å². The minimum Gasteiger partial charge on any atom is -0.377 e. The Kier molecular flexibility index (Phi) is 5.67. The van der Waals surface area contributed by atoms with Crippen LogP contribution in [-0.4, -0.2) is 25.5 Å². The summed E-state index contributed by atoms with van der Waals surface area (Å²) in [5, 5.41) is 21.5. The first kappa shape index (κ1) is 20.2. The van der Waals surface area contributed by atoms with Crippen molar-refractivity contribution in [3.63, 3.8) is 0 Å². The largest absolute Gasteiger partial charge is 0.377 e. The molecule has 3 aromatic carbocycles. The van der Waals surface area contributed by atoms with Gasteiger partial charge in [0.1, 0.15) is 0 Å². The Morgan fingerprint density at radius 3 is 2.42 bits per heavy atom. The second kappa shape index (κ2) is 8.72. The average molecular weight is 431 g/mol. The molecule has 0 atom stereocenters. The van der Waals surface area contributed by atoms with Crippen molar-refractivity contribution < 1.29 is 9.72 Å². The molecule has 1 heterocycles. The third kappa shape index (κ3) is 4.26. The van der Waals surface area contributed by atoms with Crippen LogP contribution in [0.15, 0.2) is 78.9 Å². The quantitative estimate of drug-likeness (QED) is 0.190. The van der Waals surface area contributed by atoms with E-state index in [2.05, 4.69) is 15.5 Å². The van der Waals surface area contributed by atoms with Gasteiger partial charge >= 0.3 is 0 Å². The van der Waals surface area contributed by atoms with Crippen LogP contribution in [0.3, 0.4) is 0 Å². The maximum atomic E-state index is 13.0. The van der Waals surface area contributed by atoms with E-state index in [0.717, 1.165) is 5.69 Å². The molecule has 0 unspecified atom stereocenters. The molecule has 0 spiro atoms. The lowest BCUT2D eigenvalue weighted by Gasteiger charge is -2.12. The Labute approximate surface area is 182 Å². The van der Waals surface area contributed by atoms with E-state index in [0.29, 0.717) is 21.8 Å². The number of nitrogens with one attached hydrogen (secondary N) is 2. The monoisotopic (exact) mass is 431 g/mol. The van der Waals surface area contributed by atoms with E-state index < -0.39 is 4.92 Å². The van der Waals surface area contributed by atoms with Gasteiger partial charge in [0.15, 0.2) is 16.4 Å². The van der Waals surface area contributed by atoms with E-state index in [-0.39, 0.29) is 23.6 Å². The summed E-state index contributed by atoms with van der Waals surface area (Å²) in [6, 6.07) is 22.3. The van der Waals surface area contributed by atoms with Gasteiger partial charge in [-0.25, -0.2) is 0 Å². The molecule has 4 aromatic rings. The standard InChI is InChI=1S/C22H17N5O3S/c28-21(15-7-3-1-4-8-15)18-13-17(27(29)30)11-12-19(18)23-14-20-24-25-22(31)26(20)16-9-5-2-6-10-16/h1-13,23H,14H2,(H,25,31). The van der Waals surface area contributed by atoms with Crippen LogP contribution in [0.1, 0.15) is 21.7 Å². The summed E-state index contributed by atoms with van der Waals surface area (Å²) in [5.41, 5.74) is 1.81. The molecule has 0 amide bonds. The SMILES string of the molecule is O=C(c1ccccc1)c1cc([N+](=O)[O-])ccc1NCc1n[nH]c(=S)n1-c1ccccc1. The van der Waals surface area contributed by atoms with Crippen molar-refractivity contribution in [1.82, 2.24) is 14.8 Å². The molecule has 0 bridgehead atoms. The highest BCUT2D eigenvalue weighted by Crippen LogP contribution is 2.25. The smallest absolute Gasteiger partial charge is 0.270 e. The molecule has 4 rings (SSSR count). The van der Waals surface area contributed by atoms with Gasteiger partial charge in [-0.15, -0.1) is 0 Å². The fourth-order valence-electron chi connectivity index (χ4n) is 3.20. The highest BCUT2D eigenvalue weighted by atomic mass is 32.1. The first-order valence-electron chi connectivity index (χ1n) is 9.38. The molecule has 0 aliphatic carbocycles. The van der Waals surface area contributed by atoms with Crippen molar-refractivity contribution in [2.24, 2.45) is 0 Å². The van der Waals surface area contributed by atoms with Gasteiger partial charge in [-0.05, 0) is 30.4 Å². The van der Waals surface area contributed by atoms with Crippen LogP contribution in [0.5, 0.6) is 0 Å². The number of nitro groups is 1. The van der Waals surface area contributed by atoms with Crippen molar-refractivity contribution in [3.05, 3.63) is 111 Å². The van der Waals surface area contributed by atoms with Crippen molar-refractivity contribution >= 4 is 29.4 Å². The van der Waals surface area contributed by atoms with Gasteiger partial charge in [0.2, 0.25) is 0 Å².